The van der Waals surface area contributed by atoms with Gasteiger partial charge >= 0.3 is 5.97 Å². The number of amides is 1. The first-order valence-corrected chi connectivity index (χ1v) is 7.08. The quantitative estimate of drug-likeness (QED) is 0.728. The van der Waals surface area contributed by atoms with E-state index in [9.17, 15) is 9.59 Å². The van der Waals surface area contributed by atoms with Gasteiger partial charge in [-0.3, -0.25) is 9.59 Å². The zero-order valence-electron chi connectivity index (χ0n) is 11.2. The first-order chi connectivity index (χ1) is 9.43. The van der Waals surface area contributed by atoms with Crippen LogP contribution in [0.2, 0.25) is 5.02 Å². The SMILES string of the molecule is CCOC(=O)CN(C)C(=O)COc1ccc(Cl)cc1Br. The minimum atomic E-state index is -0.448. The number of ether oxygens (including phenoxy) is 2. The van der Waals surface area contributed by atoms with Crippen LogP contribution in [0.1, 0.15) is 6.92 Å². The van der Waals surface area contributed by atoms with Gasteiger partial charge in [0.2, 0.25) is 0 Å². The lowest BCUT2D eigenvalue weighted by atomic mass is 10.3. The molecule has 0 unspecified atom stereocenters. The van der Waals surface area contributed by atoms with E-state index in [1.807, 2.05) is 0 Å². The second-order valence-electron chi connectivity index (χ2n) is 3.92. The summed E-state index contributed by atoms with van der Waals surface area (Å²) in [6.45, 7) is 1.73. The number of hydrogen-bond acceptors (Lipinski definition) is 4. The summed E-state index contributed by atoms with van der Waals surface area (Å²) < 4.78 is 10.8. The molecule has 0 atom stereocenters. The van der Waals surface area contributed by atoms with Gasteiger partial charge in [0, 0.05) is 12.1 Å². The van der Waals surface area contributed by atoms with E-state index in [0.29, 0.717) is 15.2 Å². The van der Waals surface area contributed by atoms with E-state index in [0.717, 1.165) is 0 Å². The Balaban J connectivity index is 2.48. The van der Waals surface area contributed by atoms with Crippen molar-refractivity contribution in [3.8, 4) is 5.75 Å². The van der Waals surface area contributed by atoms with Crippen LogP contribution in [-0.2, 0) is 14.3 Å². The maximum atomic E-state index is 11.8. The Morgan fingerprint density at radius 1 is 1.40 bits per heavy atom. The van der Waals surface area contributed by atoms with E-state index >= 15 is 0 Å². The molecule has 1 aromatic rings. The van der Waals surface area contributed by atoms with E-state index in [1.54, 1.807) is 25.1 Å². The van der Waals surface area contributed by atoms with Crippen molar-refractivity contribution in [2.45, 2.75) is 6.92 Å². The van der Waals surface area contributed by atoms with E-state index in [2.05, 4.69) is 15.9 Å². The molecule has 7 heteroatoms. The molecule has 0 aromatic heterocycles. The van der Waals surface area contributed by atoms with Crippen LogP contribution in [0.3, 0.4) is 0 Å². The number of benzene rings is 1. The summed E-state index contributed by atoms with van der Waals surface area (Å²) in [4.78, 5) is 24.3. The van der Waals surface area contributed by atoms with Crippen LogP contribution in [-0.4, -0.2) is 43.6 Å². The number of halogens is 2. The molecule has 1 rings (SSSR count). The lowest BCUT2D eigenvalue weighted by molar-refractivity contribution is -0.148. The van der Waals surface area contributed by atoms with Crippen molar-refractivity contribution in [2.24, 2.45) is 0 Å². The summed E-state index contributed by atoms with van der Waals surface area (Å²) in [6, 6.07) is 4.99. The Kier molecular flexibility index (Phi) is 6.81. The molecule has 5 nitrogen and oxygen atoms in total. The molecule has 0 spiro atoms. The molecule has 1 amide bonds. The number of hydrogen-bond donors (Lipinski definition) is 0. The Hall–Kier alpha value is -1.27. The third-order valence-corrected chi connectivity index (χ3v) is 3.20. The Morgan fingerprint density at radius 2 is 2.10 bits per heavy atom. The third kappa shape index (κ3) is 5.38. The van der Waals surface area contributed by atoms with E-state index in [-0.39, 0.29) is 25.7 Å². The number of nitrogens with zero attached hydrogens (tertiary/aromatic N) is 1. The van der Waals surface area contributed by atoms with Gasteiger partial charge in [0.1, 0.15) is 12.3 Å². The van der Waals surface area contributed by atoms with Gasteiger partial charge in [-0.2, -0.15) is 0 Å². The average Bonchev–Trinajstić information content (AvgIpc) is 2.37. The smallest absolute Gasteiger partial charge is 0.325 e. The highest BCUT2D eigenvalue weighted by Crippen LogP contribution is 2.27. The van der Waals surface area contributed by atoms with Gasteiger partial charge in [-0.1, -0.05) is 11.6 Å². The van der Waals surface area contributed by atoms with Gasteiger partial charge in [0.15, 0.2) is 6.61 Å². The maximum absolute atomic E-state index is 11.8. The molecule has 110 valence electrons. The van der Waals surface area contributed by atoms with Gasteiger partial charge < -0.3 is 14.4 Å². The second-order valence-corrected chi connectivity index (χ2v) is 5.21. The van der Waals surface area contributed by atoms with E-state index in [1.165, 1.54) is 11.9 Å². The predicted molar refractivity (Wildman–Crippen MR) is 78.9 cm³/mol. The molecule has 0 bridgehead atoms. The molecule has 0 saturated carbocycles. The van der Waals surface area contributed by atoms with Crippen molar-refractivity contribution < 1.29 is 19.1 Å². The predicted octanol–water partition coefficient (Wildman–Crippen LogP) is 2.50. The van der Waals surface area contributed by atoms with Crippen molar-refractivity contribution in [2.75, 3.05) is 26.8 Å². The molecule has 0 N–H and O–H groups in total. The van der Waals surface area contributed by atoms with Crippen LogP contribution < -0.4 is 4.74 Å². The Bertz CT molecular complexity index is 495. The molecule has 0 radical (unpaired) electrons. The first kappa shape index (κ1) is 16.8. The fraction of sp³-hybridized carbons (Fsp3) is 0.385. The highest BCUT2D eigenvalue weighted by atomic mass is 79.9. The van der Waals surface area contributed by atoms with Crippen LogP contribution in [0.5, 0.6) is 5.75 Å². The summed E-state index contributed by atoms with van der Waals surface area (Å²) in [7, 11) is 1.51. The Morgan fingerprint density at radius 3 is 2.70 bits per heavy atom. The van der Waals surface area contributed by atoms with Gasteiger partial charge in [-0.15, -0.1) is 0 Å². The molecule has 0 aliphatic carbocycles. The normalized spacial score (nSPS) is 10.0. The summed E-state index contributed by atoms with van der Waals surface area (Å²) in [5.74, 6) is -0.261. The van der Waals surface area contributed by atoms with Crippen molar-refractivity contribution in [3.63, 3.8) is 0 Å². The zero-order valence-corrected chi connectivity index (χ0v) is 13.5. The number of carbonyl (C=O) groups is 2. The largest absolute Gasteiger partial charge is 0.483 e. The van der Waals surface area contributed by atoms with Crippen molar-refractivity contribution in [3.05, 3.63) is 27.7 Å². The summed E-state index contributed by atoms with van der Waals surface area (Å²) in [5.41, 5.74) is 0. The van der Waals surface area contributed by atoms with Crippen molar-refractivity contribution in [1.82, 2.24) is 4.90 Å². The molecule has 0 aliphatic heterocycles. The summed E-state index contributed by atoms with van der Waals surface area (Å²) >= 11 is 9.09. The highest BCUT2D eigenvalue weighted by molar-refractivity contribution is 9.10. The van der Waals surface area contributed by atoms with E-state index in [4.69, 9.17) is 21.1 Å². The van der Waals surface area contributed by atoms with Crippen molar-refractivity contribution in [1.29, 1.82) is 0 Å². The molecular weight excluding hydrogens is 350 g/mol. The molecule has 0 fully saturated rings. The third-order valence-electron chi connectivity index (χ3n) is 2.34. The number of esters is 1. The van der Waals surface area contributed by atoms with E-state index < -0.39 is 5.97 Å². The van der Waals surface area contributed by atoms with Gasteiger partial charge in [0.25, 0.3) is 5.91 Å². The molecule has 0 heterocycles. The van der Waals surface area contributed by atoms with Gasteiger partial charge in [0.05, 0.1) is 11.1 Å². The van der Waals surface area contributed by atoms with Gasteiger partial charge in [-0.05, 0) is 41.1 Å². The summed E-state index contributed by atoms with van der Waals surface area (Å²) in [5, 5.41) is 0.565. The van der Waals surface area contributed by atoms with Crippen molar-refractivity contribution >= 4 is 39.4 Å². The lowest BCUT2D eigenvalue weighted by Crippen LogP contribution is -2.36. The molecule has 1 aromatic carbocycles. The molecule has 20 heavy (non-hydrogen) atoms. The molecule has 0 saturated heterocycles. The van der Waals surface area contributed by atoms with Crippen LogP contribution in [0.15, 0.2) is 22.7 Å². The minimum Gasteiger partial charge on any atom is -0.483 e. The molecule has 0 aliphatic rings. The summed E-state index contributed by atoms with van der Waals surface area (Å²) in [6.07, 6.45) is 0. The average molecular weight is 365 g/mol. The van der Waals surface area contributed by atoms with Crippen LogP contribution in [0.4, 0.5) is 0 Å². The monoisotopic (exact) mass is 363 g/mol. The van der Waals surface area contributed by atoms with Crippen LogP contribution >= 0.6 is 27.5 Å². The second kappa shape index (κ2) is 8.11. The maximum Gasteiger partial charge on any atom is 0.325 e. The number of rotatable bonds is 6. The first-order valence-electron chi connectivity index (χ1n) is 5.91. The van der Waals surface area contributed by atoms with Crippen LogP contribution in [0.25, 0.3) is 0 Å². The highest BCUT2D eigenvalue weighted by Gasteiger charge is 2.14. The number of likely N-dealkylation sites (N-methyl/N-ethyl adjacent to an activating group) is 1. The van der Waals surface area contributed by atoms with Crippen LogP contribution in [0, 0.1) is 0 Å². The number of carbonyl (C=O) groups excluding carboxylic acids is 2. The topological polar surface area (TPSA) is 55.8 Å². The minimum absolute atomic E-state index is 0.0994. The molecular formula is C13H15BrClNO4. The fourth-order valence-corrected chi connectivity index (χ4v) is 2.13. The lowest BCUT2D eigenvalue weighted by Gasteiger charge is -2.16. The van der Waals surface area contributed by atoms with Gasteiger partial charge in [-0.25, -0.2) is 0 Å². The standard InChI is InChI=1S/C13H15BrClNO4/c1-3-19-13(18)7-16(2)12(17)8-20-11-5-4-9(15)6-10(11)14/h4-6H,3,7-8H2,1-2H3. The Labute approximate surface area is 130 Å². The fourth-order valence-electron chi connectivity index (χ4n) is 1.33. The zero-order chi connectivity index (χ0) is 15.1.